The molecule has 0 bridgehead atoms. The predicted molar refractivity (Wildman–Crippen MR) is 246 cm³/mol. The van der Waals surface area contributed by atoms with Crippen LogP contribution in [-0.2, 0) is 0 Å². The van der Waals surface area contributed by atoms with Crippen molar-refractivity contribution in [3.8, 4) is 33.4 Å². The van der Waals surface area contributed by atoms with Crippen LogP contribution in [0.1, 0.15) is 95.0 Å². The van der Waals surface area contributed by atoms with Crippen molar-refractivity contribution in [2.24, 2.45) is 0 Å². The topological polar surface area (TPSA) is 0 Å². The molecule has 0 aromatic heterocycles. The minimum absolute atomic E-state index is 1.02. The summed E-state index contributed by atoms with van der Waals surface area (Å²) in [4.78, 5) is 0. The molecule has 0 heteroatoms. The largest absolute Gasteiger partial charge is 0.0984 e. The Labute approximate surface area is 326 Å². The Morgan fingerprint density at radius 3 is 1.61 bits per heavy atom. The van der Waals surface area contributed by atoms with E-state index >= 15 is 0 Å². The van der Waals surface area contributed by atoms with Crippen molar-refractivity contribution in [1.29, 1.82) is 0 Å². The Kier molecular flexibility index (Phi) is 15.6. The second kappa shape index (κ2) is 20.5. The highest BCUT2D eigenvalue weighted by Gasteiger charge is 2.22. The molecule has 0 aliphatic carbocycles. The lowest BCUT2D eigenvalue weighted by Crippen LogP contribution is -1.99. The van der Waals surface area contributed by atoms with E-state index in [9.17, 15) is 0 Å². The molecule has 5 aromatic carbocycles. The maximum atomic E-state index is 4.34. The Morgan fingerprint density at radius 1 is 0.556 bits per heavy atom. The smallest absolute Gasteiger partial charge is 0.00203 e. The van der Waals surface area contributed by atoms with Crippen LogP contribution in [-0.4, -0.2) is 0 Å². The van der Waals surface area contributed by atoms with Crippen LogP contribution in [0, 0.1) is 0 Å². The quantitative estimate of drug-likeness (QED) is 0.101. The third-order valence-electron chi connectivity index (χ3n) is 10.0. The predicted octanol–water partition coefficient (Wildman–Crippen LogP) is 16.9. The fourth-order valence-corrected chi connectivity index (χ4v) is 7.06. The number of allylic oxidation sites excluding steroid dienone is 8. The van der Waals surface area contributed by atoms with Gasteiger partial charge in [-0.15, -0.1) is 0 Å². The van der Waals surface area contributed by atoms with Gasteiger partial charge in [0.25, 0.3) is 0 Å². The summed E-state index contributed by atoms with van der Waals surface area (Å²) in [6.45, 7) is 30.1. The van der Waals surface area contributed by atoms with Gasteiger partial charge in [0.15, 0.2) is 0 Å². The summed E-state index contributed by atoms with van der Waals surface area (Å²) < 4.78 is 0. The number of hydrogen-bond donors (Lipinski definition) is 0. The van der Waals surface area contributed by atoms with E-state index in [4.69, 9.17) is 0 Å². The minimum Gasteiger partial charge on any atom is -0.0984 e. The van der Waals surface area contributed by atoms with E-state index in [0.29, 0.717) is 0 Å². The zero-order chi connectivity index (χ0) is 39.0. The third kappa shape index (κ3) is 9.07. The molecule has 0 saturated carbocycles. The van der Waals surface area contributed by atoms with Gasteiger partial charge in [-0.1, -0.05) is 218 Å². The van der Waals surface area contributed by atoms with Gasteiger partial charge < -0.3 is 0 Å². The van der Waals surface area contributed by atoms with E-state index in [-0.39, 0.29) is 0 Å². The summed E-state index contributed by atoms with van der Waals surface area (Å²) in [7, 11) is 0. The molecule has 54 heavy (non-hydrogen) atoms. The molecule has 5 aromatic rings. The van der Waals surface area contributed by atoms with Crippen molar-refractivity contribution in [3.63, 3.8) is 0 Å². The first-order valence-electron chi connectivity index (χ1n) is 19.5. The zero-order valence-corrected chi connectivity index (χ0v) is 33.5. The Hall–Kier alpha value is -5.72. The van der Waals surface area contributed by atoms with Crippen LogP contribution in [0.5, 0.6) is 0 Å². The minimum atomic E-state index is 1.02. The lowest BCUT2D eigenvalue weighted by Gasteiger charge is -2.23. The number of benzene rings is 5. The molecule has 0 aliphatic heterocycles. The fraction of sp³-hybridized carbons (Fsp3) is 0.185. The van der Waals surface area contributed by atoms with Crippen LogP contribution in [0.3, 0.4) is 0 Å². The SMILES string of the molecule is C=Cc1c(-c2ccccc2)ccc(-c2c(C=C)c(C=C)c(-c3ccc(C(=C/C=C(C)CC)/C(=C\C)/C=C/C)cc3)c3ccccc23)c1C=C.CCCCC. The van der Waals surface area contributed by atoms with Gasteiger partial charge in [-0.05, 0) is 110 Å². The molecule has 0 N–H and O–H groups in total. The Bertz CT molecular complexity index is 2210. The van der Waals surface area contributed by atoms with Gasteiger partial charge in [-0.3, -0.25) is 0 Å². The van der Waals surface area contributed by atoms with E-state index in [1.165, 1.54) is 41.5 Å². The van der Waals surface area contributed by atoms with Crippen LogP contribution >= 0.6 is 0 Å². The van der Waals surface area contributed by atoms with Gasteiger partial charge >= 0.3 is 0 Å². The maximum Gasteiger partial charge on any atom is -0.00203 e. The van der Waals surface area contributed by atoms with Gasteiger partial charge in [0.1, 0.15) is 0 Å². The molecule has 0 heterocycles. The summed E-state index contributed by atoms with van der Waals surface area (Å²) >= 11 is 0. The van der Waals surface area contributed by atoms with Gasteiger partial charge in [0.05, 0.1) is 0 Å². The average molecular weight is 707 g/mol. The molecule has 5 rings (SSSR count). The van der Waals surface area contributed by atoms with E-state index in [1.807, 2.05) is 30.4 Å². The van der Waals surface area contributed by atoms with Crippen molar-refractivity contribution in [2.45, 2.75) is 67.2 Å². The summed E-state index contributed by atoms with van der Waals surface area (Å²) in [5, 5.41) is 2.31. The lowest BCUT2D eigenvalue weighted by molar-refractivity contribution is 0.772. The van der Waals surface area contributed by atoms with Crippen LogP contribution in [0.4, 0.5) is 0 Å². The highest BCUT2D eigenvalue weighted by Crippen LogP contribution is 2.46. The van der Waals surface area contributed by atoms with E-state index in [2.05, 4.69) is 183 Å². The molecule has 0 fully saturated rings. The van der Waals surface area contributed by atoms with Gasteiger partial charge in [-0.25, -0.2) is 0 Å². The highest BCUT2D eigenvalue weighted by molar-refractivity contribution is 6.13. The highest BCUT2D eigenvalue weighted by atomic mass is 14.2. The molecule has 0 saturated heterocycles. The molecule has 0 atom stereocenters. The molecule has 0 unspecified atom stereocenters. The molecular weight excluding hydrogens is 649 g/mol. The van der Waals surface area contributed by atoms with Crippen LogP contribution < -0.4 is 0 Å². The van der Waals surface area contributed by atoms with Crippen LogP contribution in [0.2, 0.25) is 0 Å². The number of unbranched alkanes of at least 4 members (excludes halogenated alkanes) is 2. The Balaban J connectivity index is 0.00000122. The fourth-order valence-electron chi connectivity index (χ4n) is 7.06. The summed E-state index contributed by atoms with van der Waals surface area (Å²) in [5.41, 5.74) is 15.9. The van der Waals surface area contributed by atoms with E-state index < -0.39 is 0 Å². The second-order valence-corrected chi connectivity index (χ2v) is 13.4. The van der Waals surface area contributed by atoms with Crippen molar-refractivity contribution in [2.75, 3.05) is 0 Å². The van der Waals surface area contributed by atoms with Gasteiger partial charge in [0.2, 0.25) is 0 Å². The van der Waals surface area contributed by atoms with E-state index in [0.717, 1.165) is 72.8 Å². The molecular formula is C54H58. The lowest BCUT2D eigenvalue weighted by atomic mass is 9.80. The van der Waals surface area contributed by atoms with Crippen molar-refractivity contribution >= 4 is 40.6 Å². The van der Waals surface area contributed by atoms with Crippen LogP contribution in [0.15, 0.2) is 159 Å². The molecule has 0 amide bonds. The number of fused-ring (bicyclic) bond motifs is 1. The zero-order valence-electron chi connectivity index (χ0n) is 33.5. The molecule has 0 spiro atoms. The van der Waals surface area contributed by atoms with Gasteiger partial charge in [-0.2, -0.15) is 0 Å². The van der Waals surface area contributed by atoms with Gasteiger partial charge in [0, 0.05) is 0 Å². The molecule has 0 nitrogen and oxygen atoms in total. The molecule has 0 radical (unpaired) electrons. The standard InChI is InChI=1S/C49H46.C5H12/c1-9-21-35(11-3)43(31-26-34(8)10-2)37-27-29-38(30-28-37)48-41(14-6)42(15-7)49(46-25-20-19-24-45(46)48)47-33-32-44(36-22-17-16-18-23-36)39(12-4)40(47)13-5;1-3-5-4-2/h9,11-33H,4-7,10H2,1-3,8H3;3-5H2,1-2H3/b21-9+,34-26?,35-11-,43-31+;. The maximum absolute atomic E-state index is 4.34. The molecule has 274 valence electrons. The second-order valence-electron chi connectivity index (χ2n) is 13.4. The first kappa shape index (κ1) is 41.0. The normalized spacial score (nSPS) is 12.0. The number of hydrogen-bond acceptors (Lipinski definition) is 0. The molecule has 0 aliphatic rings. The summed E-state index contributed by atoms with van der Waals surface area (Å²) in [6, 6.07) is 32.5. The van der Waals surface area contributed by atoms with Crippen molar-refractivity contribution in [1.82, 2.24) is 0 Å². The van der Waals surface area contributed by atoms with Crippen molar-refractivity contribution < 1.29 is 0 Å². The van der Waals surface area contributed by atoms with Crippen molar-refractivity contribution in [3.05, 3.63) is 187 Å². The monoisotopic (exact) mass is 706 g/mol. The average Bonchev–Trinajstić information content (AvgIpc) is 3.22. The third-order valence-corrected chi connectivity index (χ3v) is 10.0. The first-order chi connectivity index (χ1) is 26.4. The Morgan fingerprint density at radius 2 is 1.09 bits per heavy atom. The van der Waals surface area contributed by atoms with Crippen LogP contribution in [0.25, 0.3) is 74.0 Å². The number of rotatable bonds is 14. The summed E-state index contributed by atoms with van der Waals surface area (Å²) in [5.74, 6) is 0. The summed E-state index contributed by atoms with van der Waals surface area (Å²) in [6.07, 6.45) is 23.9. The van der Waals surface area contributed by atoms with E-state index in [1.54, 1.807) is 0 Å². The first-order valence-corrected chi connectivity index (χ1v) is 19.5.